The van der Waals surface area contributed by atoms with Gasteiger partial charge >= 0.3 is 0 Å². The highest BCUT2D eigenvalue weighted by Crippen LogP contribution is 2.30. The van der Waals surface area contributed by atoms with Crippen LogP contribution >= 0.6 is 0 Å². The Morgan fingerprint density at radius 3 is 2.68 bits per heavy atom. The standard InChI is InChI=1S/C19H21N5O/c1-3-16-17-5-4-10-23(17)11-12-24(16)19(25)15-8-6-14(7-9-15)18-20-13-22(2)21-18/h4-10,13,16H,3,11-12H2,1-2H3/t16-/m1/s1. The van der Waals surface area contributed by atoms with Crippen LogP contribution in [0, 0.1) is 0 Å². The van der Waals surface area contributed by atoms with Gasteiger partial charge in [-0.2, -0.15) is 5.10 Å². The molecule has 0 saturated carbocycles. The minimum absolute atomic E-state index is 0.0832. The summed E-state index contributed by atoms with van der Waals surface area (Å²) in [5.41, 5.74) is 2.84. The summed E-state index contributed by atoms with van der Waals surface area (Å²) in [4.78, 5) is 19.3. The Hall–Kier alpha value is -2.89. The summed E-state index contributed by atoms with van der Waals surface area (Å²) in [6, 6.07) is 11.9. The SMILES string of the molecule is CC[C@@H]1c2cccn2CCN1C(=O)c1ccc(-c2ncn(C)n2)cc1. The van der Waals surface area contributed by atoms with Gasteiger partial charge in [-0.05, 0) is 30.7 Å². The Bertz CT molecular complexity index is 893. The van der Waals surface area contributed by atoms with Crippen molar-refractivity contribution in [3.63, 3.8) is 0 Å². The Morgan fingerprint density at radius 1 is 1.20 bits per heavy atom. The summed E-state index contributed by atoms with van der Waals surface area (Å²) in [7, 11) is 1.84. The minimum atomic E-state index is 0.0832. The monoisotopic (exact) mass is 335 g/mol. The number of nitrogens with zero attached hydrogens (tertiary/aromatic N) is 5. The van der Waals surface area contributed by atoms with Gasteiger partial charge < -0.3 is 9.47 Å². The van der Waals surface area contributed by atoms with Crippen LogP contribution in [0.25, 0.3) is 11.4 Å². The summed E-state index contributed by atoms with van der Waals surface area (Å²) >= 11 is 0. The third-order valence-electron chi connectivity index (χ3n) is 4.80. The number of hydrogen-bond acceptors (Lipinski definition) is 3. The third kappa shape index (κ3) is 2.73. The van der Waals surface area contributed by atoms with Crippen LogP contribution in [0.4, 0.5) is 0 Å². The van der Waals surface area contributed by atoms with E-state index in [9.17, 15) is 4.79 Å². The highest BCUT2D eigenvalue weighted by molar-refractivity contribution is 5.95. The first kappa shape index (κ1) is 15.6. The van der Waals surface area contributed by atoms with Crippen LogP contribution in [0.2, 0.25) is 0 Å². The maximum atomic E-state index is 13.0. The number of aryl methyl sites for hydroxylation is 1. The van der Waals surface area contributed by atoms with Crippen molar-refractivity contribution in [3.8, 4) is 11.4 Å². The molecule has 0 unspecified atom stereocenters. The molecule has 0 fully saturated rings. The molecule has 0 aliphatic carbocycles. The van der Waals surface area contributed by atoms with E-state index in [0.717, 1.165) is 25.1 Å². The first-order valence-corrected chi connectivity index (χ1v) is 8.59. The van der Waals surface area contributed by atoms with Gasteiger partial charge in [-0.1, -0.05) is 19.1 Å². The fourth-order valence-electron chi connectivity index (χ4n) is 3.54. The van der Waals surface area contributed by atoms with Crippen molar-refractivity contribution in [2.75, 3.05) is 6.54 Å². The van der Waals surface area contributed by atoms with Crippen LogP contribution in [-0.2, 0) is 13.6 Å². The molecule has 1 atom stereocenters. The summed E-state index contributed by atoms with van der Waals surface area (Å²) in [5.74, 6) is 0.753. The van der Waals surface area contributed by atoms with E-state index in [0.29, 0.717) is 11.4 Å². The fourth-order valence-corrected chi connectivity index (χ4v) is 3.54. The first-order valence-electron chi connectivity index (χ1n) is 8.59. The Kier molecular flexibility index (Phi) is 3.87. The molecule has 128 valence electrons. The molecule has 0 spiro atoms. The molecule has 2 aromatic heterocycles. The fraction of sp³-hybridized carbons (Fsp3) is 0.316. The molecule has 4 rings (SSSR count). The lowest BCUT2D eigenvalue weighted by atomic mass is 10.0. The van der Waals surface area contributed by atoms with Crippen molar-refractivity contribution in [2.24, 2.45) is 7.05 Å². The highest BCUT2D eigenvalue weighted by Gasteiger charge is 2.30. The molecular formula is C19H21N5O. The predicted octanol–water partition coefficient (Wildman–Crippen LogP) is 2.89. The van der Waals surface area contributed by atoms with Crippen LogP contribution in [0.1, 0.15) is 35.4 Å². The van der Waals surface area contributed by atoms with Gasteiger partial charge in [0.2, 0.25) is 0 Å². The molecule has 1 aliphatic heterocycles. The number of aromatic nitrogens is 4. The maximum absolute atomic E-state index is 13.0. The quantitative estimate of drug-likeness (QED) is 0.739. The van der Waals surface area contributed by atoms with E-state index in [-0.39, 0.29) is 11.9 Å². The molecule has 0 saturated heterocycles. The van der Waals surface area contributed by atoms with E-state index < -0.39 is 0 Å². The van der Waals surface area contributed by atoms with Crippen LogP contribution < -0.4 is 0 Å². The second-order valence-electron chi connectivity index (χ2n) is 6.37. The van der Waals surface area contributed by atoms with E-state index >= 15 is 0 Å². The van der Waals surface area contributed by atoms with Crippen molar-refractivity contribution in [1.82, 2.24) is 24.2 Å². The number of fused-ring (bicyclic) bond motifs is 1. The summed E-state index contributed by atoms with van der Waals surface area (Å²) in [5, 5.41) is 4.30. The average Bonchev–Trinajstić information content (AvgIpc) is 3.29. The number of hydrogen-bond donors (Lipinski definition) is 0. The topological polar surface area (TPSA) is 56.0 Å². The first-order chi connectivity index (χ1) is 12.2. The van der Waals surface area contributed by atoms with Gasteiger partial charge in [-0.3, -0.25) is 9.48 Å². The summed E-state index contributed by atoms with van der Waals surface area (Å²) in [6.07, 6.45) is 4.67. The van der Waals surface area contributed by atoms with Gasteiger partial charge in [-0.15, -0.1) is 0 Å². The molecule has 1 amide bonds. The summed E-state index contributed by atoms with van der Waals surface area (Å²) in [6.45, 7) is 3.71. The molecule has 0 N–H and O–H groups in total. The largest absolute Gasteiger partial charge is 0.348 e. The molecule has 0 radical (unpaired) electrons. The minimum Gasteiger partial charge on any atom is -0.348 e. The lowest BCUT2D eigenvalue weighted by molar-refractivity contribution is 0.0618. The van der Waals surface area contributed by atoms with Crippen molar-refractivity contribution in [1.29, 1.82) is 0 Å². The van der Waals surface area contributed by atoms with Crippen LogP contribution in [-0.4, -0.2) is 36.7 Å². The Morgan fingerprint density at radius 2 is 2.00 bits per heavy atom. The van der Waals surface area contributed by atoms with Gasteiger partial charge in [0.05, 0.1) is 6.04 Å². The van der Waals surface area contributed by atoms with Gasteiger partial charge in [-0.25, -0.2) is 4.98 Å². The second kappa shape index (κ2) is 6.20. The van der Waals surface area contributed by atoms with E-state index in [2.05, 4.69) is 39.9 Å². The van der Waals surface area contributed by atoms with Gasteiger partial charge in [0, 0.05) is 43.2 Å². The van der Waals surface area contributed by atoms with Gasteiger partial charge in [0.25, 0.3) is 5.91 Å². The highest BCUT2D eigenvalue weighted by atomic mass is 16.2. The van der Waals surface area contributed by atoms with Crippen molar-refractivity contribution < 1.29 is 4.79 Å². The van der Waals surface area contributed by atoms with Crippen LogP contribution in [0.15, 0.2) is 48.9 Å². The van der Waals surface area contributed by atoms with Crippen molar-refractivity contribution in [2.45, 2.75) is 25.9 Å². The smallest absolute Gasteiger partial charge is 0.254 e. The zero-order valence-corrected chi connectivity index (χ0v) is 14.5. The molecule has 0 bridgehead atoms. The molecule has 6 nitrogen and oxygen atoms in total. The maximum Gasteiger partial charge on any atom is 0.254 e. The Balaban J connectivity index is 1.58. The van der Waals surface area contributed by atoms with E-state index in [1.54, 1.807) is 11.0 Å². The number of amides is 1. The van der Waals surface area contributed by atoms with E-state index in [1.165, 1.54) is 5.69 Å². The van der Waals surface area contributed by atoms with Crippen molar-refractivity contribution in [3.05, 3.63) is 60.2 Å². The number of carbonyl (C=O) groups is 1. The number of carbonyl (C=O) groups excluding carboxylic acids is 1. The normalized spacial score (nSPS) is 16.7. The van der Waals surface area contributed by atoms with Gasteiger partial charge in [0.1, 0.15) is 6.33 Å². The zero-order chi connectivity index (χ0) is 17.4. The molecule has 25 heavy (non-hydrogen) atoms. The van der Waals surface area contributed by atoms with E-state index in [4.69, 9.17) is 0 Å². The average molecular weight is 335 g/mol. The number of rotatable bonds is 3. The summed E-state index contributed by atoms with van der Waals surface area (Å²) < 4.78 is 3.91. The van der Waals surface area contributed by atoms with Crippen LogP contribution in [0.5, 0.6) is 0 Å². The molecule has 1 aliphatic rings. The molecular weight excluding hydrogens is 314 g/mol. The van der Waals surface area contributed by atoms with Crippen molar-refractivity contribution >= 4 is 5.91 Å². The van der Waals surface area contributed by atoms with E-state index in [1.807, 2.05) is 36.2 Å². The zero-order valence-electron chi connectivity index (χ0n) is 14.5. The van der Waals surface area contributed by atoms with Gasteiger partial charge in [0.15, 0.2) is 5.82 Å². The lowest BCUT2D eigenvalue weighted by Crippen LogP contribution is -2.41. The van der Waals surface area contributed by atoms with Crippen LogP contribution in [0.3, 0.4) is 0 Å². The lowest BCUT2D eigenvalue weighted by Gasteiger charge is -2.36. The second-order valence-corrected chi connectivity index (χ2v) is 6.37. The molecule has 6 heteroatoms. The predicted molar refractivity (Wildman–Crippen MR) is 94.9 cm³/mol. The Labute approximate surface area is 146 Å². The molecule has 3 heterocycles. The third-order valence-corrected chi connectivity index (χ3v) is 4.80. The molecule has 3 aromatic rings. The number of benzene rings is 1. The molecule has 1 aromatic carbocycles.